The van der Waals surface area contributed by atoms with Crippen LogP contribution in [0.1, 0.15) is 43.0 Å². The van der Waals surface area contributed by atoms with Crippen molar-refractivity contribution in [3.63, 3.8) is 0 Å². The number of nitrogens with one attached hydrogen (secondary N) is 1. The molecule has 0 spiro atoms. The Labute approximate surface area is 200 Å². The molecule has 172 valence electrons. The van der Waals surface area contributed by atoms with E-state index in [4.69, 9.17) is 21.1 Å². The fourth-order valence-corrected chi connectivity index (χ4v) is 3.37. The molecule has 1 amide bonds. The molecule has 0 bridgehead atoms. The molecule has 0 radical (unpaired) electrons. The van der Waals surface area contributed by atoms with Gasteiger partial charge in [0.1, 0.15) is 6.61 Å². The molecular weight excluding hydrogens is 436 g/mol. The van der Waals surface area contributed by atoms with Crippen molar-refractivity contribution in [3.05, 3.63) is 94.0 Å². The number of nitrogens with zero attached hydrogens (tertiary/aromatic N) is 1. The van der Waals surface area contributed by atoms with Crippen LogP contribution in [0.5, 0.6) is 11.5 Å². The van der Waals surface area contributed by atoms with Crippen LogP contribution in [0.4, 0.5) is 0 Å². The SMILES string of the molecule is COc1cc(/C=N\NC(=O)Cc2ccc(C(C)(C)C)cc2)ccc1OCc1ccccc1Cl. The molecule has 0 aromatic heterocycles. The Hall–Kier alpha value is -3.31. The van der Waals surface area contributed by atoms with Gasteiger partial charge in [-0.05, 0) is 46.4 Å². The van der Waals surface area contributed by atoms with E-state index in [9.17, 15) is 4.79 Å². The zero-order chi connectivity index (χ0) is 23.8. The summed E-state index contributed by atoms with van der Waals surface area (Å²) in [6, 6.07) is 21.1. The van der Waals surface area contributed by atoms with E-state index in [-0.39, 0.29) is 17.7 Å². The second kappa shape index (κ2) is 11.0. The van der Waals surface area contributed by atoms with E-state index in [1.54, 1.807) is 25.5 Å². The smallest absolute Gasteiger partial charge is 0.244 e. The number of halogens is 1. The second-order valence-corrected chi connectivity index (χ2v) is 9.11. The maximum absolute atomic E-state index is 12.2. The molecule has 3 rings (SSSR count). The van der Waals surface area contributed by atoms with Crippen LogP contribution < -0.4 is 14.9 Å². The second-order valence-electron chi connectivity index (χ2n) is 8.71. The zero-order valence-corrected chi connectivity index (χ0v) is 20.1. The van der Waals surface area contributed by atoms with Gasteiger partial charge in [-0.15, -0.1) is 0 Å². The van der Waals surface area contributed by atoms with Gasteiger partial charge in [-0.3, -0.25) is 4.79 Å². The van der Waals surface area contributed by atoms with Gasteiger partial charge in [0.15, 0.2) is 11.5 Å². The van der Waals surface area contributed by atoms with Gasteiger partial charge in [-0.1, -0.05) is 74.8 Å². The summed E-state index contributed by atoms with van der Waals surface area (Å²) in [5.41, 5.74) is 6.50. The van der Waals surface area contributed by atoms with Crippen LogP contribution in [0, 0.1) is 0 Å². The first-order valence-corrected chi connectivity index (χ1v) is 11.1. The van der Waals surface area contributed by atoms with Crippen LogP contribution >= 0.6 is 11.6 Å². The minimum atomic E-state index is -0.179. The Morgan fingerprint density at radius 3 is 2.42 bits per heavy atom. The third-order valence-electron chi connectivity index (χ3n) is 5.12. The van der Waals surface area contributed by atoms with Gasteiger partial charge in [0.05, 0.1) is 19.7 Å². The third-order valence-corrected chi connectivity index (χ3v) is 5.48. The van der Waals surface area contributed by atoms with Gasteiger partial charge >= 0.3 is 0 Å². The van der Waals surface area contributed by atoms with Crippen molar-refractivity contribution in [1.82, 2.24) is 5.43 Å². The van der Waals surface area contributed by atoms with Gasteiger partial charge in [0.2, 0.25) is 5.91 Å². The quantitative estimate of drug-likeness (QED) is 0.332. The minimum absolute atomic E-state index is 0.0846. The lowest BCUT2D eigenvalue weighted by Gasteiger charge is -2.19. The molecule has 33 heavy (non-hydrogen) atoms. The highest BCUT2D eigenvalue weighted by molar-refractivity contribution is 6.31. The number of amides is 1. The number of rotatable bonds is 8. The fourth-order valence-electron chi connectivity index (χ4n) is 3.18. The van der Waals surface area contributed by atoms with Gasteiger partial charge < -0.3 is 9.47 Å². The van der Waals surface area contributed by atoms with Gasteiger partial charge in [-0.2, -0.15) is 5.10 Å². The number of carbonyl (C=O) groups excluding carboxylic acids is 1. The number of benzene rings is 3. The minimum Gasteiger partial charge on any atom is -0.493 e. The fraction of sp³-hybridized carbons (Fsp3) is 0.259. The Morgan fingerprint density at radius 2 is 1.76 bits per heavy atom. The largest absolute Gasteiger partial charge is 0.493 e. The molecule has 0 saturated heterocycles. The van der Waals surface area contributed by atoms with E-state index in [2.05, 4.69) is 43.4 Å². The molecule has 6 heteroatoms. The zero-order valence-electron chi connectivity index (χ0n) is 19.4. The van der Waals surface area contributed by atoms with E-state index >= 15 is 0 Å². The van der Waals surface area contributed by atoms with E-state index < -0.39 is 0 Å². The van der Waals surface area contributed by atoms with Crippen molar-refractivity contribution in [2.75, 3.05) is 7.11 Å². The number of hydrogen-bond donors (Lipinski definition) is 1. The normalized spacial score (nSPS) is 11.4. The highest BCUT2D eigenvalue weighted by Crippen LogP contribution is 2.29. The molecule has 0 atom stereocenters. The van der Waals surface area contributed by atoms with Crippen LogP contribution in [0.25, 0.3) is 0 Å². The van der Waals surface area contributed by atoms with Crippen LogP contribution in [-0.4, -0.2) is 19.2 Å². The highest BCUT2D eigenvalue weighted by atomic mass is 35.5. The predicted molar refractivity (Wildman–Crippen MR) is 133 cm³/mol. The number of hydrogen-bond acceptors (Lipinski definition) is 4. The molecule has 1 N–H and O–H groups in total. The van der Waals surface area contributed by atoms with Crippen LogP contribution in [0.2, 0.25) is 5.02 Å². The summed E-state index contributed by atoms with van der Waals surface area (Å²) in [5.74, 6) is 0.981. The predicted octanol–water partition coefficient (Wildman–Crippen LogP) is 5.92. The van der Waals surface area contributed by atoms with Crippen molar-refractivity contribution in [2.24, 2.45) is 5.10 Å². The lowest BCUT2D eigenvalue weighted by atomic mass is 9.86. The summed E-state index contributed by atoms with van der Waals surface area (Å²) in [7, 11) is 1.57. The molecule has 3 aromatic carbocycles. The summed E-state index contributed by atoms with van der Waals surface area (Å²) in [6.45, 7) is 6.82. The van der Waals surface area contributed by atoms with E-state index in [1.165, 1.54) is 5.56 Å². The molecule has 0 aliphatic rings. The molecular formula is C27H29ClN2O3. The summed E-state index contributed by atoms with van der Waals surface area (Å²) < 4.78 is 11.3. The summed E-state index contributed by atoms with van der Waals surface area (Å²) in [5, 5.41) is 4.72. The molecule has 5 nitrogen and oxygen atoms in total. The highest BCUT2D eigenvalue weighted by Gasteiger charge is 2.13. The first-order chi connectivity index (χ1) is 15.8. The molecule has 3 aromatic rings. The average molecular weight is 465 g/mol. The third kappa shape index (κ3) is 7.09. The summed E-state index contributed by atoms with van der Waals surface area (Å²) >= 11 is 6.18. The van der Waals surface area contributed by atoms with Gasteiger partial charge in [-0.25, -0.2) is 5.43 Å². The first kappa shape index (κ1) is 24.3. The molecule has 0 saturated carbocycles. The maximum Gasteiger partial charge on any atom is 0.244 e. The molecule has 0 aliphatic carbocycles. The summed E-state index contributed by atoms with van der Waals surface area (Å²) in [6.07, 6.45) is 1.83. The Kier molecular flexibility index (Phi) is 8.12. The van der Waals surface area contributed by atoms with E-state index in [0.717, 1.165) is 16.7 Å². The van der Waals surface area contributed by atoms with E-state index in [1.807, 2.05) is 42.5 Å². The Morgan fingerprint density at radius 1 is 1.03 bits per heavy atom. The first-order valence-electron chi connectivity index (χ1n) is 10.7. The number of carbonyl (C=O) groups is 1. The van der Waals surface area contributed by atoms with Gasteiger partial charge in [0.25, 0.3) is 0 Å². The molecule has 0 fully saturated rings. The van der Waals surface area contributed by atoms with E-state index in [0.29, 0.717) is 23.1 Å². The number of methoxy groups -OCH3 is 1. The molecule has 0 unspecified atom stereocenters. The lowest BCUT2D eigenvalue weighted by molar-refractivity contribution is -0.120. The van der Waals surface area contributed by atoms with Crippen molar-refractivity contribution in [2.45, 2.75) is 39.2 Å². The lowest BCUT2D eigenvalue weighted by Crippen LogP contribution is -2.20. The number of ether oxygens (including phenoxy) is 2. The van der Waals surface area contributed by atoms with Gasteiger partial charge in [0, 0.05) is 10.6 Å². The molecule has 0 heterocycles. The maximum atomic E-state index is 12.2. The Bertz CT molecular complexity index is 1120. The van der Waals surface area contributed by atoms with Crippen molar-refractivity contribution >= 4 is 23.7 Å². The Balaban J connectivity index is 1.56. The standard InChI is InChI=1S/C27H29ClN2O3/c1-27(2,3)22-12-9-19(10-13-22)16-26(31)30-29-17-20-11-14-24(25(15-20)32-4)33-18-21-7-5-6-8-23(21)28/h5-15,17H,16,18H2,1-4H3,(H,30,31)/b29-17-. The average Bonchev–Trinajstić information content (AvgIpc) is 2.78. The van der Waals surface area contributed by atoms with Crippen molar-refractivity contribution in [3.8, 4) is 11.5 Å². The monoisotopic (exact) mass is 464 g/mol. The van der Waals surface area contributed by atoms with Crippen molar-refractivity contribution in [1.29, 1.82) is 0 Å². The van der Waals surface area contributed by atoms with Crippen molar-refractivity contribution < 1.29 is 14.3 Å². The molecule has 0 aliphatic heterocycles. The van der Waals surface area contributed by atoms with Crippen LogP contribution in [-0.2, 0) is 23.2 Å². The van der Waals surface area contributed by atoms with Crippen LogP contribution in [0.15, 0.2) is 71.8 Å². The summed E-state index contributed by atoms with van der Waals surface area (Å²) in [4.78, 5) is 12.2. The number of hydrazone groups is 1. The topological polar surface area (TPSA) is 59.9 Å². The van der Waals surface area contributed by atoms with Crippen LogP contribution in [0.3, 0.4) is 0 Å².